The SMILES string of the molecule is CN1C(=O)[C@@](C)(O)[C@@H](O)[C@@H]1Cc1ccc2c(c1)C[C@@H](C(C)(C)O)O2. The van der Waals surface area contributed by atoms with Gasteiger partial charge >= 0.3 is 0 Å². The lowest BCUT2D eigenvalue weighted by Gasteiger charge is -2.24. The number of ether oxygens (including phenoxy) is 1. The van der Waals surface area contributed by atoms with Gasteiger partial charge in [-0.2, -0.15) is 0 Å². The maximum absolute atomic E-state index is 12.0. The molecule has 2 heterocycles. The van der Waals surface area contributed by atoms with Gasteiger partial charge in [-0.3, -0.25) is 4.79 Å². The minimum absolute atomic E-state index is 0.287. The fourth-order valence-corrected chi connectivity index (χ4v) is 3.53. The van der Waals surface area contributed by atoms with E-state index in [1.54, 1.807) is 20.9 Å². The third-order valence-corrected chi connectivity index (χ3v) is 5.22. The second-order valence-electron chi connectivity index (χ2n) is 7.69. The first-order valence-electron chi connectivity index (χ1n) is 8.20. The molecule has 0 unspecified atom stereocenters. The lowest BCUT2D eigenvalue weighted by Crippen LogP contribution is -2.43. The van der Waals surface area contributed by atoms with Gasteiger partial charge in [0.2, 0.25) is 0 Å². The Morgan fingerprint density at radius 3 is 2.62 bits per heavy atom. The number of hydrogen-bond donors (Lipinski definition) is 3. The number of carbonyl (C=O) groups is 1. The van der Waals surface area contributed by atoms with Crippen LogP contribution in [-0.4, -0.2) is 62.6 Å². The summed E-state index contributed by atoms with van der Waals surface area (Å²) in [6.45, 7) is 4.80. The molecular formula is C18H25NO5. The molecular weight excluding hydrogens is 310 g/mol. The largest absolute Gasteiger partial charge is 0.487 e. The highest BCUT2D eigenvalue weighted by molar-refractivity contribution is 5.88. The summed E-state index contributed by atoms with van der Waals surface area (Å²) in [7, 11) is 1.60. The first-order chi connectivity index (χ1) is 11.0. The molecule has 6 heteroatoms. The maximum atomic E-state index is 12.0. The predicted octanol–water partition coefficient (Wildman–Crippen LogP) is 0.256. The highest BCUT2D eigenvalue weighted by atomic mass is 16.5. The molecule has 132 valence electrons. The van der Waals surface area contributed by atoms with Crippen molar-refractivity contribution >= 4 is 5.91 Å². The minimum atomic E-state index is -1.74. The Hall–Kier alpha value is -1.63. The van der Waals surface area contributed by atoms with E-state index in [1.807, 2.05) is 18.2 Å². The topological polar surface area (TPSA) is 90.2 Å². The number of likely N-dealkylation sites (tertiary alicyclic amines) is 1. The summed E-state index contributed by atoms with van der Waals surface area (Å²) < 4.78 is 5.78. The van der Waals surface area contributed by atoms with Gasteiger partial charge in [-0.05, 0) is 44.4 Å². The smallest absolute Gasteiger partial charge is 0.257 e. The first-order valence-corrected chi connectivity index (χ1v) is 8.20. The molecule has 0 saturated carbocycles. The Balaban J connectivity index is 1.79. The minimum Gasteiger partial charge on any atom is -0.487 e. The van der Waals surface area contributed by atoms with Crippen LogP contribution in [-0.2, 0) is 17.6 Å². The van der Waals surface area contributed by atoms with Gasteiger partial charge in [0, 0.05) is 13.5 Å². The van der Waals surface area contributed by atoms with E-state index in [0.717, 1.165) is 16.9 Å². The van der Waals surface area contributed by atoms with E-state index in [-0.39, 0.29) is 6.10 Å². The summed E-state index contributed by atoms with van der Waals surface area (Å²) in [5, 5.41) is 30.5. The fourth-order valence-electron chi connectivity index (χ4n) is 3.53. The lowest BCUT2D eigenvalue weighted by molar-refractivity contribution is -0.144. The number of fused-ring (bicyclic) bond motifs is 1. The molecule has 1 aromatic rings. The molecule has 0 aliphatic carbocycles. The van der Waals surface area contributed by atoms with E-state index in [0.29, 0.717) is 12.8 Å². The van der Waals surface area contributed by atoms with Crippen LogP contribution >= 0.6 is 0 Å². The Morgan fingerprint density at radius 2 is 2.08 bits per heavy atom. The molecule has 24 heavy (non-hydrogen) atoms. The quantitative estimate of drug-likeness (QED) is 0.737. The molecule has 6 nitrogen and oxygen atoms in total. The van der Waals surface area contributed by atoms with Crippen molar-refractivity contribution in [3.8, 4) is 5.75 Å². The van der Waals surface area contributed by atoms with Gasteiger partial charge in [0.1, 0.15) is 18.0 Å². The summed E-state index contributed by atoms with van der Waals surface area (Å²) in [5.41, 5.74) is -0.708. The Morgan fingerprint density at radius 1 is 1.42 bits per heavy atom. The van der Waals surface area contributed by atoms with Gasteiger partial charge < -0.3 is 25.0 Å². The van der Waals surface area contributed by atoms with E-state index in [1.165, 1.54) is 11.8 Å². The summed E-state index contributed by atoms with van der Waals surface area (Å²) >= 11 is 0. The van der Waals surface area contributed by atoms with Crippen LogP contribution in [0.3, 0.4) is 0 Å². The maximum Gasteiger partial charge on any atom is 0.257 e. The zero-order valence-corrected chi connectivity index (χ0v) is 14.5. The van der Waals surface area contributed by atoms with Crippen LogP contribution in [0, 0.1) is 0 Å². The summed E-state index contributed by atoms with van der Waals surface area (Å²) in [4.78, 5) is 13.5. The molecule has 1 saturated heterocycles. The molecule has 2 aliphatic heterocycles. The van der Waals surface area contributed by atoms with Crippen LogP contribution in [0.5, 0.6) is 5.75 Å². The van der Waals surface area contributed by atoms with Crippen molar-refractivity contribution in [2.75, 3.05) is 7.05 Å². The summed E-state index contributed by atoms with van der Waals surface area (Å²) in [5.74, 6) is 0.292. The van der Waals surface area contributed by atoms with E-state index >= 15 is 0 Å². The number of benzene rings is 1. The standard InChI is InChI=1S/C18H25NO5/c1-17(2,22)14-9-11-7-10(5-6-13(11)24-14)8-12-15(20)18(3,23)16(21)19(12)4/h5-7,12,14-15,20,22-23H,8-9H2,1-4H3/t12-,14-,15-,18-/m0/s1. The van der Waals surface area contributed by atoms with E-state index in [2.05, 4.69) is 0 Å². The highest BCUT2D eigenvalue weighted by Crippen LogP contribution is 2.35. The lowest BCUT2D eigenvalue weighted by atomic mass is 9.92. The van der Waals surface area contributed by atoms with Crippen molar-refractivity contribution in [3.05, 3.63) is 29.3 Å². The van der Waals surface area contributed by atoms with E-state index in [9.17, 15) is 20.1 Å². The summed E-state index contributed by atoms with van der Waals surface area (Å²) in [6.07, 6.45) is -0.361. The fraction of sp³-hybridized carbons (Fsp3) is 0.611. The molecule has 1 aromatic carbocycles. The van der Waals surface area contributed by atoms with Gasteiger partial charge in [-0.25, -0.2) is 0 Å². The van der Waals surface area contributed by atoms with Crippen LogP contribution < -0.4 is 4.74 Å². The van der Waals surface area contributed by atoms with Crippen LogP contribution in [0.4, 0.5) is 0 Å². The second-order valence-corrected chi connectivity index (χ2v) is 7.69. The number of likely N-dealkylation sites (N-methyl/N-ethyl adjacent to an activating group) is 1. The average Bonchev–Trinajstić information content (AvgIpc) is 2.98. The van der Waals surface area contributed by atoms with Gasteiger partial charge in [-0.1, -0.05) is 12.1 Å². The van der Waals surface area contributed by atoms with Crippen molar-refractivity contribution < 1.29 is 24.9 Å². The molecule has 0 spiro atoms. The third-order valence-electron chi connectivity index (χ3n) is 5.22. The predicted molar refractivity (Wildman–Crippen MR) is 87.8 cm³/mol. The first kappa shape index (κ1) is 17.2. The zero-order valence-electron chi connectivity index (χ0n) is 14.5. The van der Waals surface area contributed by atoms with E-state index < -0.39 is 29.3 Å². The van der Waals surface area contributed by atoms with Crippen LogP contribution in [0.25, 0.3) is 0 Å². The summed E-state index contributed by atoms with van der Waals surface area (Å²) in [6, 6.07) is 5.26. The highest BCUT2D eigenvalue weighted by Gasteiger charge is 2.53. The molecule has 3 N–H and O–H groups in total. The van der Waals surface area contributed by atoms with Crippen LogP contribution in [0.15, 0.2) is 18.2 Å². The number of amides is 1. The Labute approximate surface area is 141 Å². The van der Waals surface area contributed by atoms with Gasteiger partial charge in [0.25, 0.3) is 5.91 Å². The number of carbonyl (C=O) groups excluding carboxylic acids is 1. The second kappa shape index (κ2) is 5.44. The number of aliphatic hydroxyl groups is 3. The molecule has 0 radical (unpaired) electrons. The number of rotatable bonds is 3. The Bertz CT molecular complexity index is 664. The molecule has 0 bridgehead atoms. The number of nitrogens with zero attached hydrogens (tertiary/aromatic N) is 1. The van der Waals surface area contributed by atoms with Crippen molar-refractivity contribution in [2.24, 2.45) is 0 Å². The normalized spacial score (nSPS) is 32.9. The molecule has 4 atom stereocenters. The van der Waals surface area contributed by atoms with Crippen molar-refractivity contribution in [1.29, 1.82) is 0 Å². The molecule has 2 aliphatic rings. The molecule has 0 aromatic heterocycles. The zero-order chi connectivity index (χ0) is 17.9. The van der Waals surface area contributed by atoms with Gasteiger partial charge in [-0.15, -0.1) is 0 Å². The van der Waals surface area contributed by atoms with Crippen LogP contribution in [0.1, 0.15) is 31.9 Å². The van der Waals surface area contributed by atoms with Crippen LogP contribution in [0.2, 0.25) is 0 Å². The molecule has 1 amide bonds. The molecule has 3 rings (SSSR count). The van der Waals surface area contributed by atoms with Gasteiger partial charge in [0.05, 0.1) is 11.6 Å². The van der Waals surface area contributed by atoms with Crippen molar-refractivity contribution in [3.63, 3.8) is 0 Å². The number of aliphatic hydroxyl groups excluding tert-OH is 1. The van der Waals surface area contributed by atoms with Crippen molar-refractivity contribution in [1.82, 2.24) is 4.90 Å². The van der Waals surface area contributed by atoms with Crippen molar-refractivity contribution in [2.45, 2.75) is 63.1 Å². The average molecular weight is 335 g/mol. The van der Waals surface area contributed by atoms with Gasteiger partial charge in [0.15, 0.2) is 5.60 Å². The number of hydrogen-bond acceptors (Lipinski definition) is 5. The monoisotopic (exact) mass is 335 g/mol. The third kappa shape index (κ3) is 2.68. The molecule has 1 fully saturated rings. The van der Waals surface area contributed by atoms with E-state index in [4.69, 9.17) is 4.74 Å². The Kier molecular flexibility index (Phi) is 3.90.